The third kappa shape index (κ3) is 2.30. The van der Waals surface area contributed by atoms with Gasteiger partial charge in [-0.15, -0.1) is 0 Å². The van der Waals surface area contributed by atoms with Gasteiger partial charge in [0, 0.05) is 12.6 Å². The smallest absolute Gasteiger partial charge is 0.387 e. The van der Waals surface area contributed by atoms with Gasteiger partial charge < -0.3 is 14.7 Å². The second kappa shape index (κ2) is 5.13. The second-order valence-corrected chi connectivity index (χ2v) is 5.54. The summed E-state index contributed by atoms with van der Waals surface area (Å²) >= 11 is 0. The van der Waals surface area contributed by atoms with E-state index in [-0.39, 0.29) is 11.8 Å². The van der Waals surface area contributed by atoms with Crippen molar-refractivity contribution in [1.29, 1.82) is 0 Å². The van der Waals surface area contributed by atoms with Gasteiger partial charge in [0.15, 0.2) is 0 Å². The maximum absolute atomic E-state index is 12.1. The standard InChI is InChI=1S/C14H16F2N2O3/c15-13(16)21-9-3-4-11(17-8-9)18-7-6-14(12(19)20)5-1-2-10(14)18/h3-4,8,10,13H,1-2,5-7H2,(H,19,20)/t10-,14+/m1/s1. The third-order valence-electron chi connectivity index (χ3n) is 4.58. The van der Waals surface area contributed by atoms with Gasteiger partial charge in [-0.2, -0.15) is 8.78 Å². The molecule has 1 saturated heterocycles. The van der Waals surface area contributed by atoms with Gasteiger partial charge in [0.25, 0.3) is 0 Å². The fourth-order valence-electron chi connectivity index (χ4n) is 3.62. The minimum atomic E-state index is -2.88. The molecule has 2 heterocycles. The first-order chi connectivity index (χ1) is 10.0. The molecule has 2 aliphatic rings. The van der Waals surface area contributed by atoms with Gasteiger partial charge in [-0.05, 0) is 31.4 Å². The highest BCUT2D eigenvalue weighted by atomic mass is 19.3. The fourth-order valence-corrected chi connectivity index (χ4v) is 3.62. The van der Waals surface area contributed by atoms with Crippen LogP contribution in [0.25, 0.3) is 0 Å². The molecule has 1 N–H and O–H groups in total. The van der Waals surface area contributed by atoms with E-state index >= 15 is 0 Å². The van der Waals surface area contributed by atoms with Crippen LogP contribution < -0.4 is 9.64 Å². The van der Waals surface area contributed by atoms with E-state index in [0.717, 1.165) is 12.8 Å². The Morgan fingerprint density at radius 2 is 2.29 bits per heavy atom. The highest BCUT2D eigenvalue weighted by molar-refractivity contribution is 5.78. The predicted octanol–water partition coefficient (Wildman–Crippen LogP) is 2.52. The van der Waals surface area contributed by atoms with Crippen LogP contribution in [0, 0.1) is 5.41 Å². The minimum absolute atomic E-state index is 0.00358. The summed E-state index contributed by atoms with van der Waals surface area (Å²) in [5.41, 5.74) is -0.681. The van der Waals surface area contributed by atoms with Crippen LogP contribution in [0.2, 0.25) is 0 Å². The number of nitrogens with zero attached hydrogens (tertiary/aromatic N) is 2. The molecule has 0 radical (unpaired) electrons. The van der Waals surface area contributed by atoms with Crippen molar-refractivity contribution in [3.8, 4) is 5.75 Å². The molecule has 0 aromatic carbocycles. The van der Waals surface area contributed by atoms with E-state index in [4.69, 9.17) is 0 Å². The molecule has 1 aliphatic heterocycles. The molecule has 21 heavy (non-hydrogen) atoms. The number of aromatic nitrogens is 1. The summed E-state index contributed by atoms with van der Waals surface area (Å²) in [5.74, 6) is -0.124. The molecule has 2 atom stereocenters. The zero-order chi connectivity index (χ0) is 15.0. The number of carboxylic acids is 1. The quantitative estimate of drug-likeness (QED) is 0.925. The molecule has 1 aromatic rings. The number of rotatable bonds is 4. The molecule has 1 saturated carbocycles. The Bertz CT molecular complexity index is 538. The number of fused-ring (bicyclic) bond motifs is 1. The molecule has 1 aromatic heterocycles. The molecule has 0 spiro atoms. The van der Waals surface area contributed by atoms with Gasteiger partial charge in [-0.3, -0.25) is 4.79 Å². The maximum Gasteiger partial charge on any atom is 0.387 e. The monoisotopic (exact) mass is 298 g/mol. The molecular formula is C14H16F2N2O3. The summed E-state index contributed by atoms with van der Waals surface area (Å²) in [5, 5.41) is 9.53. The number of alkyl halides is 2. The third-order valence-corrected chi connectivity index (χ3v) is 4.58. The first-order valence-corrected chi connectivity index (χ1v) is 6.94. The van der Waals surface area contributed by atoms with Crippen LogP contribution in [0.3, 0.4) is 0 Å². The van der Waals surface area contributed by atoms with Crippen molar-refractivity contribution in [3.63, 3.8) is 0 Å². The van der Waals surface area contributed by atoms with E-state index in [1.54, 1.807) is 6.07 Å². The van der Waals surface area contributed by atoms with Crippen LogP contribution in [0.15, 0.2) is 18.3 Å². The molecule has 7 heteroatoms. The van der Waals surface area contributed by atoms with Crippen molar-refractivity contribution in [1.82, 2.24) is 4.98 Å². The summed E-state index contributed by atoms with van der Waals surface area (Å²) in [6, 6.07) is 2.97. The Morgan fingerprint density at radius 3 is 2.90 bits per heavy atom. The lowest BCUT2D eigenvalue weighted by atomic mass is 9.82. The molecule has 2 fully saturated rings. The van der Waals surface area contributed by atoms with E-state index in [0.29, 0.717) is 25.2 Å². The Hall–Kier alpha value is -1.92. The molecule has 0 bridgehead atoms. The van der Waals surface area contributed by atoms with Gasteiger partial charge in [0.2, 0.25) is 0 Å². The zero-order valence-electron chi connectivity index (χ0n) is 11.3. The number of pyridine rings is 1. The summed E-state index contributed by atoms with van der Waals surface area (Å²) in [6.07, 6.45) is 4.25. The predicted molar refractivity (Wildman–Crippen MR) is 70.5 cm³/mol. The van der Waals surface area contributed by atoms with Crippen molar-refractivity contribution in [3.05, 3.63) is 18.3 Å². The molecule has 1 aliphatic carbocycles. The number of anilines is 1. The van der Waals surface area contributed by atoms with Crippen molar-refractivity contribution in [2.45, 2.75) is 38.3 Å². The zero-order valence-corrected chi connectivity index (χ0v) is 11.3. The molecular weight excluding hydrogens is 282 g/mol. The van der Waals surface area contributed by atoms with Crippen LogP contribution in [-0.4, -0.2) is 35.3 Å². The van der Waals surface area contributed by atoms with Crippen molar-refractivity contribution in [2.24, 2.45) is 5.41 Å². The van der Waals surface area contributed by atoms with Crippen LogP contribution in [0.5, 0.6) is 5.75 Å². The summed E-state index contributed by atoms with van der Waals surface area (Å²) in [6.45, 7) is -2.25. The number of carboxylic acid groups (broad SMARTS) is 1. The lowest BCUT2D eigenvalue weighted by Gasteiger charge is -2.29. The first-order valence-electron chi connectivity index (χ1n) is 6.94. The number of aliphatic carboxylic acids is 1. The summed E-state index contributed by atoms with van der Waals surface area (Å²) < 4.78 is 28.5. The Kier molecular flexibility index (Phi) is 3.43. The number of carbonyl (C=O) groups is 1. The van der Waals surface area contributed by atoms with Crippen LogP contribution >= 0.6 is 0 Å². The lowest BCUT2D eigenvalue weighted by molar-refractivity contribution is -0.148. The van der Waals surface area contributed by atoms with Crippen LogP contribution in [0.4, 0.5) is 14.6 Å². The Labute approximate surface area is 120 Å². The summed E-state index contributed by atoms with van der Waals surface area (Å²) in [4.78, 5) is 17.7. The largest absolute Gasteiger partial charge is 0.481 e. The maximum atomic E-state index is 12.1. The van der Waals surface area contributed by atoms with Gasteiger partial charge in [0.05, 0.1) is 11.6 Å². The average Bonchev–Trinajstić information content (AvgIpc) is 2.98. The highest BCUT2D eigenvalue weighted by Crippen LogP contribution is 2.50. The second-order valence-electron chi connectivity index (χ2n) is 5.54. The molecule has 0 unspecified atom stereocenters. The minimum Gasteiger partial charge on any atom is -0.481 e. The first kappa shape index (κ1) is 14.0. The Morgan fingerprint density at radius 1 is 1.48 bits per heavy atom. The molecule has 3 rings (SSSR count). The lowest BCUT2D eigenvalue weighted by Crippen LogP contribution is -2.40. The topological polar surface area (TPSA) is 62.7 Å². The molecule has 114 valence electrons. The van der Waals surface area contributed by atoms with Gasteiger partial charge in [-0.1, -0.05) is 6.42 Å². The van der Waals surface area contributed by atoms with Gasteiger partial charge in [0.1, 0.15) is 11.6 Å². The highest BCUT2D eigenvalue weighted by Gasteiger charge is 2.55. The molecule has 0 amide bonds. The van der Waals surface area contributed by atoms with E-state index in [2.05, 4.69) is 9.72 Å². The van der Waals surface area contributed by atoms with Crippen LogP contribution in [0.1, 0.15) is 25.7 Å². The Balaban J connectivity index is 1.80. The SMILES string of the molecule is O=C(O)[C@]12CCC[C@H]1N(c1ccc(OC(F)F)cn1)CC2. The summed E-state index contributed by atoms with van der Waals surface area (Å²) in [7, 11) is 0. The van der Waals surface area contributed by atoms with E-state index in [9.17, 15) is 18.7 Å². The van der Waals surface area contributed by atoms with Crippen LogP contribution in [-0.2, 0) is 4.79 Å². The van der Waals surface area contributed by atoms with Crippen molar-refractivity contribution in [2.75, 3.05) is 11.4 Å². The number of hydrogen-bond donors (Lipinski definition) is 1. The van der Waals surface area contributed by atoms with Gasteiger partial charge >= 0.3 is 12.6 Å². The number of hydrogen-bond acceptors (Lipinski definition) is 4. The van der Waals surface area contributed by atoms with Crippen molar-refractivity contribution < 1.29 is 23.4 Å². The van der Waals surface area contributed by atoms with E-state index in [1.807, 2.05) is 4.90 Å². The number of ether oxygens (including phenoxy) is 1. The van der Waals surface area contributed by atoms with E-state index < -0.39 is 18.0 Å². The molecule has 5 nitrogen and oxygen atoms in total. The number of halogens is 2. The van der Waals surface area contributed by atoms with E-state index in [1.165, 1.54) is 12.3 Å². The normalized spacial score (nSPS) is 28.0. The fraction of sp³-hybridized carbons (Fsp3) is 0.571. The van der Waals surface area contributed by atoms with Crippen molar-refractivity contribution >= 4 is 11.8 Å². The average molecular weight is 298 g/mol. The van der Waals surface area contributed by atoms with Gasteiger partial charge in [-0.25, -0.2) is 4.98 Å².